The number of hydrogen-bond donors (Lipinski definition) is 0. The van der Waals surface area contributed by atoms with Gasteiger partial charge >= 0.3 is 5.97 Å². The zero-order valence-electron chi connectivity index (χ0n) is 10.8. The molecule has 3 rings (SSSR count). The molecule has 104 valence electrons. The Bertz CT molecular complexity index is 820. The lowest BCUT2D eigenvalue weighted by molar-refractivity contribution is 0.0592. The third kappa shape index (κ3) is 1.80. The summed E-state index contributed by atoms with van der Waals surface area (Å²) in [6.07, 6.45) is 0. The second-order valence-electron chi connectivity index (χ2n) is 4.32. The molecule has 2 heterocycles. The molecule has 0 amide bonds. The Morgan fingerprint density at radius 1 is 1.30 bits per heavy atom. The number of methoxy groups -OCH3 is 1. The first kappa shape index (κ1) is 13.6. The van der Waals surface area contributed by atoms with Crippen LogP contribution in [-0.4, -0.2) is 27.0 Å². The van der Waals surface area contributed by atoms with E-state index in [1.807, 2.05) is 40.3 Å². The zero-order chi connectivity index (χ0) is 14.4. The van der Waals surface area contributed by atoms with Crippen LogP contribution in [-0.2, 0) is 11.8 Å². The van der Waals surface area contributed by atoms with Crippen molar-refractivity contribution in [3.05, 3.63) is 35.7 Å². The Balaban J connectivity index is 2.51. The molecule has 0 aliphatic rings. The molecule has 3 aromatic rings. The number of aryl methyl sites for hydroxylation is 1. The minimum Gasteiger partial charge on any atom is -0.464 e. The fourth-order valence-electron chi connectivity index (χ4n) is 2.37. The summed E-state index contributed by atoms with van der Waals surface area (Å²) in [5.41, 5.74) is 2.96. The predicted molar refractivity (Wildman–Crippen MR) is 83.6 cm³/mol. The van der Waals surface area contributed by atoms with E-state index in [0.717, 1.165) is 11.0 Å². The highest BCUT2D eigenvalue weighted by Crippen LogP contribution is 2.34. The van der Waals surface area contributed by atoms with E-state index < -0.39 is 5.97 Å². The number of carbonyl (C=O) groups excluding carboxylic acids is 1. The molecule has 0 fully saturated rings. The van der Waals surface area contributed by atoms with Gasteiger partial charge in [0.25, 0.3) is 0 Å². The summed E-state index contributed by atoms with van der Waals surface area (Å²) >= 11 is 6.81. The van der Waals surface area contributed by atoms with Crippen molar-refractivity contribution in [3.8, 4) is 0 Å². The summed E-state index contributed by atoms with van der Waals surface area (Å²) in [7, 11) is 3.29. The van der Waals surface area contributed by atoms with Crippen molar-refractivity contribution in [1.29, 1.82) is 0 Å². The fourth-order valence-corrected chi connectivity index (χ4v) is 3.01. The normalized spacial score (nSPS) is 11.7. The van der Waals surface area contributed by atoms with Gasteiger partial charge in [0, 0.05) is 7.05 Å². The van der Waals surface area contributed by atoms with Gasteiger partial charge in [-0.25, -0.2) is 9.78 Å². The first-order valence-electron chi connectivity index (χ1n) is 5.88. The summed E-state index contributed by atoms with van der Waals surface area (Å²) in [6, 6.07) is 7.84. The van der Waals surface area contributed by atoms with Crippen LogP contribution in [0.4, 0.5) is 0 Å². The first-order chi connectivity index (χ1) is 9.56. The number of para-hydroxylation sites is 2. The molecule has 2 aromatic heterocycles. The number of ether oxygens (including phenoxy) is 1. The number of halogens is 2. The molecule has 0 saturated carbocycles. The summed E-state index contributed by atoms with van der Waals surface area (Å²) < 4.78 is 8.46. The highest BCUT2D eigenvalue weighted by molar-refractivity contribution is 9.24. The molecule has 0 aliphatic heterocycles. The van der Waals surface area contributed by atoms with Crippen molar-refractivity contribution in [3.63, 3.8) is 0 Å². The minimum absolute atomic E-state index is 0.220. The van der Waals surface area contributed by atoms with Gasteiger partial charge in [-0.1, -0.05) is 44.0 Å². The molecule has 5 nitrogen and oxygen atoms in total. The number of carbonyl (C=O) groups is 1. The lowest BCUT2D eigenvalue weighted by atomic mass is 10.3. The molecule has 0 atom stereocenters. The summed E-state index contributed by atoms with van der Waals surface area (Å²) in [5, 5.41) is 0. The van der Waals surface area contributed by atoms with Crippen molar-refractivity contribution in [2.45, 2.75) is 3.74 Å². The van der Waals surface area contributed by atoms with E-state index in [4.69, 9.17) is 4.74 Å². The van der Waals surface area contributed by atoms with E-state index in [2.05, 4.69) is 36.8 Å². The predicted octanol–water partition coefficient (Wildman–Crippen LogP) is 3.40. The number of fused-ring (bicyclic) bond motifs is 3. The van der Waals surface area contributed by atoms with Gasteiger partial charge in [-0.15, -0.1) is 0 Å². The molecule has 1 aromatic carbocycles. The van der Waals surface area contributed by atoms with Crippen LogP contribution in [0.25, 0.3) is 16.8 Å². The second kappa shape index (κ2) is 4.89. The molecule has 0 radical (unpaired) electrons. The van der Waals surface area contributed by atoms with Gasteiger partial charge in [-0.3, -0.25) is 4.40 Å². The van der Waals surface area contributed by atoms with E-state index in [1.165, 1.54) is 7.11 Å². The molecule has 0 aliphatic carbocycles. The maximum absolute atomic E-state index is 12.1. The van der Waals surface area contributed by atoms with Crippen LogP contribution in [0.5, 0.6) is 0 Å². The third-order valence-corrected chi connectivity index (χ3v) is 4.12. The number of esters is 1. The molecule has 0 N–H and O–H groups in total. The van der Waals surface area contributed by atoms with Crippen LogP contribution in [0.1, 0.15) is 19.9 Å². The smallest absolute Gasteiger partial charge is 0.357 e. The van der Waals surface area contributed by atoms with Crippen LogP contribution < -0.4 is 0 Å². The van der Waals surface area contributed by atoms with Crippen molar-refractivity contribution in [2.24, 2.45) is 7.05 Å². The monoisotopic (exact) mass is 399 g/mol. The SMILES string of the molecule is COC(=O)c1c(C(Br)Br)nc2n(C)c3ccccc3n12. The molecule has 0 unspecified atom stereocenters. The van der Waals surface area contributed by atoms with Gasteiger partial charge < -0.3 is 9.30 Å². The Hall–Kier alpha value is -1.34. The number of nitrogens with zero attached hydrogens (tertiary/aromatic N) is 3. The quantitative estimate of drug-likeness (QED) is 0.489. The molecular formula is C13H11Br2N3O2. The van der Waals surface area contributed by atoms with E-state index in [-0.39, 0.29) is 3.74 Å². The van der Waals surface area contributed by atoms with Crippen molar-refractivity contribution in [2.75, 3.05) is 7.11 Å². The Labute approximate surface area is 131 Å². The van der Waals surface area contributed by atoms with Gasteiger partial charge in [0.15, 0.2) is 5.69 Å². The zero-order valence-corrected chi connectivity index (χ0v) is 14.0. The average Bonchev–Trinajstić information content (AvgIpc) is 2.96. The molecule has 0 bridgehead atoms. The van der Waals surface area contributed by atoms with E-state index in [9.17, 15) is 4.79 Å². The minimum atomic E-state index is -0.409. The standard InChI is InChI=1S/C13H11Br2N3O2/c1-17-7-5-3-4-6-8(7)18-10(12(19)20-2)9(11(14)15)16-13(17)18/h3-6,11H,1-2H3. The number of aromatic nitrogens is 3. The number of benzene rings is 1. The van der Waals surface area contributed by atoms with E-state index in [0.29, 0.717) is 17.2 Å². The van der Waals surface area contributed by atoms with Crippen molar-refractivity contribution >= 4 is 54.6 Å². The van der Waals surface area contributed by atoms with Gasteiger partial charge in [0.2, 0.25) is 5.78 Å². The Morgan fingerprint density at radius 2 is 1.95 bits per heavy atom. The second-order valence-corrected chi connectivity index (χ2v) is 7.38. The average molecular weight is 401 g/mol. The third-order valence-electron chi connectivity index (χ3n) is 3.26. The van der Waals surface area contributed by atoms with Gasteiger partial charge in [-0.05, 0) is 12.1 Å². The van der Waals surface area contributed by atoms with E-state index >= 15 is 0 Å². The fraction of sp³-hybridized carbons (Fsp3) is 0.231. The van der Waals surface area contributed by atoms with Crippen molar-refractivity contribution in [1.82, 2.24) is 14.0 Å². The Kier molecular flexibility index (Phi) is 3.33. The van der Waals surface area contributed by atoms with Gasteiger partial charge in [0.1, 0.15) is 9.43 Å². The van der Waals surface area contributed by atoms with Crippen LogP contribution in [0.15, 0.2) is 24.3 Å². The van der Waals surface area contributed by atoms with Crippen LogP contribution in [0, 0.1) is 0 Å². The lowest BCUT2D eigenvalue weighted by Crippen LogP contribution is -2.08. The number of alkyl halides is 2. The van der Waals surface area contributed by atoms with Gasteiger partial charge in [0.05, 0.1) is 18.1 Å². The molecule has 0 saturated heterocycles. The number of imidazole rings is 2. The first-order valence-corrected chi connectivity index (χ1v) is 7.71. The lowest BCUT2D eigenvalue weighted by Gasteiger charge is -2.03. The summed E-state index contributed by atoms with van der Waals surface area (Å²) in [4.78, 5) is 16.7. The molecule has 20 heavy (non-hydrogen) atoms. The largest absolute Gasteiger partial charge is 0.464 e. The molecular weight excluding hydrogens is 390 g/mol. The number of rotatable bonds is 2. The summed E-state index contributed by atoms with van der Waals surface area (Å²) in [5.74, 6) is 0.290. The van der Waals surface area contributed by atoms with Crippen LogP contribution in [0.3, 0.4) is 0 Å². The highest BCUT2D eigenvalue weighted by atomic mass is 79.9. The Morgan fingerprint density at radius 3 is 2.55 bits per heavy atom. The highest BCUT2D eigenvalue weighted by Gasteiger charge is 2.26. The van der Waals surface area contributed by atoms with Gasteiger partial charge in [-0.2, -0.15) is 0 Å². The molecule has 0 spiro atoms. The van der Waals surface area contributed by atoms with Crippen LogP contribution in [0.2, 0.25) is 0 Å². The number of hydrogen-bond acceptors (Lipinski definition) is 3. The maximum atomic E-state index is 12.1. The van der Waals surface area contributed by atoms with Crippen LogP contribution >= 0.6 is 31.9 Å². The summed E-state index contributed by atoms with van der Waals surface area (Å²) in [6.45, 7) is 0. The van der Waals surface area contributed by atoms with E-state index in [1.54, 1.807) is 0 Å². The molecule has 7 heteroatoms. The van der Waals surface area contributed by atoms with Crippen molar-refractivity contribution < 1.29 is 9.53 Å². The maximum Gasteiger partial charge on any atom is 0.357 e. The topological polar surface area (TPSA) is 48.5 Å².